The van der Waals surface area contributed by atoms with Crippen LogP contribution in [0.4, 0.5) is 18.9 Å². The number of benzene rings is 2. The van der Waals surface area contributed by atoms with E-state index in [0.29, 0.717) is 17.7 Å². The van der Waals surface area contributed by atoms with Crippen molar-refractivity contribution in [2.45, 2.75) is 25.6 Å². The summed E-state index contributed by atoms with van der Waals surface area (Å²) in [5, 5.41) is 11.3. The van der Waals surface area contributed by atoms with Crippen LogP contribution in [0.5, 0.6) is 5.75 Å². The molecule has 1 aromatic heterocycles. The van der Waals surface area contributed by atoms with Crippen molar-refractivity contribution in [3.05, 3.63) is 88.7 Å². The van der Waals surface area contributed by atoms with Gasteiger partial charge in [-0.1, -0.05) is 12.1 Å². The number of halogens is 3. The normalized spacial score (nSPS) is 10.9. The number of aryl methyl sites for hydroxylation is 1. The first-order chi connectivity index (χ1) is 16.2. The molecule has 174 valence electrons. The molecule has 10 heteroatoms. The zero-order chi connectivity index (χ0) is 24.7. The van der Waals surface area contributed by atoms with Crippen LogP contribution >= 0.6 is 0 Å². The molecule has 2 amide bonds. The van der Waals surface area contributed by atoms with Crippen molar-refractivity contribution in [1.29, 1.82) is 5.26 Å². The van der Waals surface area contributed by atoms with Gasteiger partial charge < -0.3 is 15.8 Å². The van der Waals surface area contributed by atoms with Crippen molar-refractivity contribution in [2.24, 2.45) is 5.73 Å². The van der Waals surface area contributed by atoms with E-state index >= 15 is 0 Å². The number of amides is 2. The van der Waals surface area contributed by atoms with Gasteiger partial charge in [0, 0.05) is 18.3 Å². The summed E-state index contributed by atoms with van der Waals surface area (Å²) in [5.41, 5.74) is 5.18. The Hall–Kier alpha value is -4.39. The van der Waals surface area contributed by atoms with Crippen molar-refractivity contribution in [3.8, 4) is 11.8 Å². The number of nitrogens with two attached hydrogens (primary N) is 1. The lowest BCUT2D eigenvalue weighted by Gasteiger charge is -2.12. The Morgan fingerprint density at radius 3 is 2.59 bits per heavy atom. The van der Waals surface area contributed by atoms with Gasteiger partial charge in [-0.05, 0) is 60.0 Å². The standard InChI is InChI=1S/C24H19F3N4O3/c25-24(26,27)20-12-18(6-5-17(20)13-28)31-22(32)7-4-15-2-1-3-19(10-15)34-14-16-8-9-30-21(11-16)23(29)33/h1-3,5-6,8-12H,4,7,14H2,(H2,29,33)(H,31,32). The number of aromatic nitrogens is 1. The second kappa shape index (κ2) is 10.5. The Bertz CT molecular complexity index is 1250. The number of ether oxygens (including phenoxy) is 1. The van der Waals surface area contributed by atoms with E-state index in [0.717, 1.165) is 17.7 Å². The molecule has 1 heterocycles. The minimum atomic E-state index is -4.70. The molecule has 0 atom stereocenters. The number of anilines is 1. The van der Waals surface area contributed by atoms with Crippen molar-refractivity contribution in [1.82, 2.24) is 4.98 Å². The van der Waals surface area contributed by atoms with Crippen LogP contribution in [-0.4, -0.2) is 16.8 Å². The summed E-state index contributed by atoms with van der Waals surface area (Å²) in [5.74, 6) is -0.574. The third kappa shape index (κ3) is 6.56. The van der Waals surface area contributed by atoms with E-state index in [2.05, 4.69) is 10.3 Å². The molecule has 0 bridgehead atoms. The molecule has 3 aromatic rings. The number of hydrogen-bond donors (Lipinski definition) is 2. The molecule has 0 fully saturated rings. The lowest BCUT2D eigenvalue weighted by atomic mass is 10.1. The minimum absolute atomic E-state index is 0.0249. The molecule has 3 N–H and O–H groups in total. The average Bonchev–Trinajstić information content (AvgIpc) is 2.81. The van der Waals surface area contributed by atoms with Crippen LogP contribution in [0.3, 0.4) is 0 Å². The summed E-state index contributed by atoms with van der Waals surface area (Å²) in [4.78, 5) is 27.3. The molecule has 0 radical (unpaired) electrons. The van der Waals surface area contributed by atoms with Gasteiger partial charge in [0.1, 0.15) is 18.1 Å². The van der Waals surface area contributed by atoms with E-state index in [1.807, 2.05) is 0 Å². The lowest BCUT2D eigenvalue weighted by molar-refractivity contribution is -0.137. The predicted octanol–water partition coefficient (Wildman–Crippen LogP) is 4.22. The number of carbonyl (C=O) groups is 2. The number of nitrogens with zero attached hydrogens (tertiary/aromatic N) is 2. The highest BCUT2D eigenvalue weighted by atomic mass is 19.4. The zero-order valence-electron chi connectivity index (χ0n) is 17.7. The smallest absolute Gasteiger partial charge is 0.417 e. The third-order valence-corrected chi connectivity index (χ3v) is 4.75. The summed E-state index contributed by atoms with van der Waals surface area (Å²) in [6, 6.07) is 14.8. The topological polar surface area (TPSA) is 118 Å². The van der Waals surface area contributed by atoms with E-state index in [4.69, 9.17) is 15.7 Å². The predicted molar refractivity (Wildman–Crippen MR) is 117 cm³/mol. The summed E-state index contributed by atoms with van der Waals surface area (Å²) in [7, 11) is 0. The second-order valence-corrected chi connectivity index (χ2v) is 7.27. The number of hydrogen-bond acceptors (Lipinski definition) is 5. The molecule has 0 aliphatic rings. The zero-order valence-corrected chi connectivity index (χ0v) is 17.7. The van der Waals surface area contributed by atoms with Crippen LogP contribution < -0.4 is 15.8 Å². The third-order valence-electron chi connectivity index (χ3n) is 4.75. The van der Waals surface area contributed by atoms with Crippen LogP contribution in [0.25, 0.3) is 0 Å². The number of carbonyl (C=O) groups excluding carboxylic acids is 2. The maximum Gasteiger partial charge on any atom is 0.417 e. The van der Waals surface area contributed by atoms with E-state index in [9.17, 15) is 22.8 Å². The first kappa shape index (κ1) is 24.3. The highest BCUT2D eigenvalue weighted by Crippen LogP contribution is 2.33. The molecule has 0 spiro atoms. The van der Waals surface area contributed by atoms with Gasteiger partial charge >= 0.3 is 6.18 Å². The van der Waals surface area contributed by atoms with Gasteiger partial charge in [-0.25, -0.2) is 0 Å². The van der Waals surface area contributed by atoms with Crippen LogP contribution in [0.15, 0.2) is 60.8 Å². The first-order valence-electron chi connectivity index (χ1n) is 10.0. The van der Waals surface area contributed by atoms with Crippen molar-refractivity contribution in [3.63, 3.8) is 0 Å². The minimum Gasteiger partial charge on any atom is -0.489 e. The second-order valence-electron chi connectivity index (χ2n) is 7.27. The average molecular weight is 468 g/mol. The highest BCUT2D eigenvalue weighted by Gasteiger charge is 2.33. The number of primary amides is 1. The monoisotopic (exact) mass is 468 g/mol. The summed E-state index contributed by atoms with van der Waals surface area (Å²) < 4.78 is 45.0. The number of nitriles is 1. The summed E-state index contributed by atoms with van der Waals surface area (Å²) in [6.45, 7) is 0.174. The van der Waals surface area contributed by atoms with Gasteiger partial charge in [0.05, 0.1) is 17.2 Å². The Labute approximate surface area is 193 Å². The largest absolute Gasteiger partial charge is 0.489 e. The molecule has 7 nitrogen and oxygen atoms in total. The van der Waals surface area contributed by atoms with E-state index < -0.39 is 29.1 Å². The van der Waals surface area contributed by atoms with E-state index in [1.54, 1.807) is 30.3 Å². The molecular weight excluding hydrogens is 449 g/mol. The summed E-state index contributed by atoms with van der Waals surface area (Å²) in [6.07, 6.45) is -2.90. The Balaban J connectivity index is 1.58. The number of pyridine rings is 1. The van der Waals surface area contributed by atoms with Crippen molar-refractivity contribution >= 4 is 17.5 Å². The Morgan fingerprint density at radius 1 is 1.09 bits per heavy atom. The highest BCUT2D eigenvalue weighted by molar-refractivity contribution is 5.91. The molecule has 3 rings (SSSR count). The van der Waals surface area contributed by atoms with Gasteiger partial charge in [0.2, 0.25) is 5.91 Å². The lowest BCUT2D eigenvalue weighted by Crippen LogP contribution is -2.14. The maximum atomic E-state index is 13.1. The quantitative estimate of drug-likeness (QED) is 0.513. The number of nitrogens with one attached hydrogen (secondary N) is 1. The summed E-state index contributed by atoms with van der Waals surface area (Å²) >= 11 is 0. The molecular formula is C24H19F3N4O3. The van der Waals surface area contributed by atoms with Crippen LogP contribution in [0, 0.1) is 11.3 Å². The molecule has 34 heavy (non-hydrogen) atoms. The van der Waals surface area contributed by atoms with Gasteiger partial charge in [-0.15, -0.1) is 0 Å². The fraction of sp³-hybridized carbons (Fsp3) is 0.167. The number of alkyl halides is 3. The molecule has 0 unspecified atom stereocenters. The van der Waals surface area contributed by atoms with Gasteiger partial charge in [-0.3, -0.25) is 14.6 Å². The number of rotatable bonds is 8. The molecule has 2 aromatic carbocycles. The SMILES string of the molecule is N#Cc1ccc(NC(=O)CCc2cccc(OCc3ccnc(C(N)=O)c3)c2)cc1C(F)(F)F. The molecule has 0 aliphatic carbocycles. The van der Waals surface area contributed by atoms with E-state index in [-0.39, 0.29) is 24.4 Å². The van der Waals surface area contributed by atoms with Gasteiger partial charge in [0.25, 0.3) is 5.91 Å². The Kier molecular flexibility index (Phi) is 7.48. The molecule has 0 saturated heterocycles. The fourth-order valence-electron chi connectivity index (χ4n) is 3.09. The van der Waals surface area contributed by atoms with Crippen molar-refractivity contribution in [2.75, 3.05) is 5.32 Å². The van der Waals surface area contributed by atoms with Crippen molar-refractivity contribution < 1.29 is 27.5 Å². The first-order valence-corrected chi connectivity index (χ1v) is 10.0. The van der Waals surface area contributed by atoms with E-state index in [1.165, 1.54) is 24.4 Å². The van der Waals surface area contributed by atoms with Crippen LogP contribution in [0.2, 0.25) is 0 Å². The molecule has 0 saturated carbocycles. The van der Waals surface area contributed by atoms with Gasteiger partial charge in [-0.2, -0.15) is 18.4 Å². The maximum absolute atomic E-state index is 13.1. The molecule has 0 aliphatic heterocycles. The Morgan fingerprint density at radius 2 is 1.88 bits per heavy atom. The van der Waals surface area contributed by atoms with Crippen LogP contribution in [-0.2, 0) is 24.0 Å². The van der Waals surface area contributed by atoms with Gasteiger partial charge in [0.15, 0.2) is 0 Å². The van der Waals surface area contributed by atoms with Crippen LogP contribution in [0.1, 0.15) is 39.2 Å². The fourth-order valence-corrected chi connectivity index (χ4v) is 3.09.